The first-order valence-electron chi connectivity index (χ1n) is 13.7. The number of aryl methyl sites for hydroxylation is 2. The Balaban J connectivity index is 1.38. The van der Waals surface area contributed by atoms with Crippen LogP contribution in [-0.4, -0.2) is 46.5 Å². The minimum Gasteiger partial charge on any atom is -0.366 e. The van der Waals surface area contributed by atoms with Gasteiger partial charge in [-0.25, -0.2) is 4.98 Å². The number of benzene rings is 2. The van der Waals surface area contributed by atoms with Crippen LogP contribution in [0.15, 0.2) is 95.1 Å². The summed E-state index contributed by atoms with van der Waals surface area (Å²) in [4.78, 5) is 36.5. The van der Waals surface area contributed by atoms with Crippen LogP contribution in [0.2, 0.25) is 0 Å². The molecule has 3 aromatic heterocycles. The van der Waals surface area contributed by atoms with Gasteiger partial charge < -0.3 is 9.80 Å². The monoisotopic (exact) mass is 559 g/mol. The lowest BCUT2D eigenvalue weighted by Crippen LogP contribution is -2.49. The highest BCUT2D eigenvalue weighted by Crippen LogP contribution is 2.30. The first kappa shape index (κ1) is 26.5. The average molecular weight is 560 g/mol. The zero-order chi connectivity index (χ0) is 28.2. The largest absolute Gasteiger partial charge is 0.366 e. The van der Waals surface area contributed by atoms with Gasteiger partial charge in [-0.2, -0.15) is 5.26 Å². The Morgan fingerprint density at radius 1 is 0.854 bits per heavy atom. The van der Waals surface area contributed by atoms with Crippen molar-refractivity contribution in [1.82, 2.24) is 14.5 Å². The van der Waals surface area contributed by atoms with Crippen molar-refractivity contribution < 1.29 is 4.79 Å². The molecule has 8 heteroatoms. The summed E-state index contributed by atoms with van der Waals surface area (Å²) in [6.45, 7) is 2.40. The number of hydrogen-bond acceptors (Lipinski definition) is 6. The number of nitriles is 1. The highest BCUT2D eigenvalue weighted by atomic mass is 32.1. The van der Waals surface area contributed by atoms with Crippen LogP contribution in [0.5, 0.6) is 0 Å². The Morgan fingerprint density at radius 2 is 1.56 bits per heavy atom. The molecule has 0 atom stereocenters. The van der Waals surface area contributed by atoms with Crippen molar-refractivity contribution in [2.75, 3.05) is 31.1 Å². The molecule has 0 bridgehead atoms. The standard InChI is InChI=1S/C33H29N5O2S/c34-22-28-30(36-17-19-37(20-18-36)33(40)29-12-7-21-41-29)27-16-15-26(14-13-24-8-3-1-4-9-24)35-31(27)38(32(28)39)23-25-10-5-2-6-11-25/h1-12,15-16,21H,13-14,17-20,23H2. The predicted molar refractivity (Wildman–Crippen MR) is 163 cm³/mol. The molecule has 204 valence electrons. The smallest absolute Gasteiger partial charge is 0.272 e. The number of carbonyl (C=O) groups is 1. The van der Waals surface area contributed by atoms with Gasteiger partial charge in [0.25, 0.3) is 11.5 Å². The van der Waals surface area contributed by atoms with E-state index < -0.39 is 0 Å². The number of aromatic nitrogens is 2. The molecule has 1 aliphatic heterocycles. The Bertz CT molecular complexity index is 1770. The molecule has 1 saturated heterocycles. The van der Waals surface area contributed by atoms with Gasteiger partial charge in [0, 0.05) is 37.3 Å². The summed E-state index contributed by atoms with van der Waals surface area (Å²) in [5, 5.41) is 12.9. The van der Waals surface area contributed by atoms with E-state index >= 15 is 0 Å². The first-order chi connectivity index (χ1) is 20.1. The summed E-state index contributed by atoms with van der Waals surface area (Å²) in [7, 11) is 0. The van der Waals surface area contributed by atoms with Crippen LogP contribution in [-0.2, 0) is 19.4 Å². The molecule has 1 fully saturated rings. The van der Waals surface area contributed by atoms with Gasteiger partial charge in [0.15, 0.2) is 0 Å². The Hall–Kier alpha value is -4.74. The molecule has 0 N–H and O–H groups in total. The van der Waals surface area contributed by atoms with Gasteiger partial charge in [-0.05, 0) is 47.5 Å². The minimum atomic E-state index is -0.344. The zero-order valence-corrected chi connectivity index (χ0v) is 23.4. The molecule has 5 aromatic rings. The Labute approximate surface area is 242 Å². The van der Waals surface area contributed by atoms with Crippen LogP contribution < -0.4 is 10.5 Å². The van der Waals surface area contributed by atoms with E-state index in [-0.39, 0.29) is 17.0 Å². The van der Waals surface area contributed by atoms with Crippen molar-refractivity contribution in [2.45, 2.75) is 19.4 Å². The highest BCUT2D eigenvalue weighted by Gasteiger charge is 2.28. The third-order valence-corrected chi connectivity index (χ3v) is 8.42. The second-order valence-corrected chi connectivity index (χ2v) is 11.1. The molecule has 0 saturated carbocycles. The maximum absolute atomic E-state index is 13.9. The second kappa shape index (κ2) is 11.8. The number of fused-ring (bicyclic) bond motifs is 1. The summed E-state index contributed by atoms with van der Waals surface area (Å²) in [6, 6.07) is 30.0. The van der Waals surface area contributed by atoms with Crippen molar-refractivity contribution in [2.24, 2.45) is 0 Å². The second-order valence-electron chi connectivity index (χ2n) is 10.1. The number of amides is 1. The van der Waals surface area contributed by atoms with E-state index in [1.54, 1.807) is 4.57 Å². The van der Waals surface area contributed by atoms with Crippen molar-refractivity contribution in [3.63, 3.8) is 0 Å². The van der Waals surface area contributed by atoms with Crippen molar-refractivity contribution in [3.05, 3.63) is 128 Å². The molecule has 41 heavy (non-hydrogen) atoms. The van der Waals surface area contributed by atoms with Gasteiger partial charge >= 0.3 is 0 Å². The molecular weight excluding hydrogens is 530 g/mol. The van der Waals surface area contributed by atoms with Gasteiger partial charge in [-0.15, -0.1) is 11.3 Å². The van der Waals surface area contributed by atoms with E-state index in [0.717, 1.165) is 34.4 Å². The molecular formula is C33H29N5O2S. The lowest BCUT2D eigenvalue weighted by molar-refractivity contribution is 0.0751. The molecule has 2 aromatic carbocycles. The summed E-state index contributed by atoms with van der Waals surface area (Å²) >= 11 is 1.44. The third-order valence-electron chi connectivity index (χ3n) is 7.56. The number of pyridine rings is 2. The van der Waals surface area contributed by atoms with Gasteiger partial charge in [0.05, 0.1) is 17.1 Å². The average Bonchev–Trinajstić information content (AvgIpc) is 3.57. The predicted octanol–water partition coefficient (Wildman–Crippen LogP) is 5.13. The third kappa shape index (κ3) is 5.49. The van der Waals surface area contributed by atoms with E-state index in [0.29, 0.717) is 44.1 Å². The minimum absolute atomic E-state index is 0.0213. The van der Waals surface area contributed by atoms with E-state index in [4.69, 9.17) is 4.98 Å². The zero-order valence-electron chi connectivity index (χ0n) is 22.6. The number of anilines is 1. The normalized spacial score (nSPS) is 13.3. The number of nitrogens with zero attached hydrogens (tertiary/aromatic N) is 5. The van der Waals surface area contributed by atoms with E-state index in [9.17, 15) is 14.9 Å². The van der Waals surface area contributed by atoms with Crippen LogP contribution >= 0.6 is 11.3 Å². The first-order valence-corrected chi connectivity index (χ1v) is 14.6. The van der Waals surface area contributed by atoms with Crippen LogP contribution in [0.1, 0.15) is 32.1 Å². The van der Waals surface area contributed by atoms with E-state index in [1.807, 2.05) is 83.1 Å². The number of carbonyl (C=O) groups excluding carboxylic acids is 1. The van der Waals surface area contributed by atoms with Gasteiger partial charge in [-0.3, -0.25) is 14.2 Å². The van der Waals surface area contributed by atoms with Gasteiger partial charge in [-0.1, -0.05) is 66.7 Å². The van der Waals surface area contributed by atoms with Crippen LogP contribution in [0.3, 0.4) is 0 Å². The molecule has 0 spiro atoms. The molecule has 4 heterocycles. The molecule has 0 aliphatic carbocycles. The summed E-state index contributed by atoms with van der Waals surface area (Å²) in [6.07, 6.45) is 1.57. The fourth-order valence-electron chi connectivity index (χ4n) is 5.43. The lowest BCUT2D eigenvalue weighted by Gasteiger charge is -2.36. The quantitative estimate of drug-likeness (QED) is 0.276. The van der Waals surface area contributed by atoms with Crippen LogP contribution in [0, 0.1) is 11.3 Å². The van der Waals surface area contributed by atoms with Crippen molar-refractivity contribution >= 4 is 34.0 Å². The molecule has 6 rings (SSSR count). The fourth-order valence-corrected chi connectivity index (χ4v) is 6.12. The molecule has 7 nitrogen and oxygen atoms in total. The molecule has 0 radical (unpaired) electrons. The Morgan fingerprint density at radius 3 is 2.22 bits per heavy atom. The SMILES string of the molecule is N#Cc1c(N2CCN(C(=O)c3cccs3)CC2)c2ccc(CCc3ccccc3)nc2n(Cc2ccccc2)c1=O. The van der Waals surface area contributed by atoms with Gasteiger partial charge in [0.2, 0.25) is 0 Å². The summed E-state index contributed by atoms with van der Waals surface area (Å²) in [5.41, 5.74) is 4.05. The topological polar surface area (TPSA) is 82.2 Å². The lowest BCUT2D eigenvalue weighted by atomic mass is 10.1. The summed E-state index contributed by atoms with van der Waals surface area (Å²) in [5.74, 6) is 0.0213. The fraction of sp³-hybridized carbons (Fsp3) is 0.212. The molecule has 1 amide bonds. The maximum atomic E-state index is 13.9. The number of hydrogen-bond donors (Lipinski definition) is 0. The van der Waals surface area contributed by atoms with E-state index in [2.05, 4.69) is 23.1 Å². The van der Waals surface area contributed by atoms with Gasteiger partial charge in [0.1, 0.15) is 17.3 Å². The van der Waals surface area contributed by atoms with Crippen molar-refractivity contribution in [3.8, 4) is 6.07 Å². The van der Waals surface area contributed by atoms with Crippen molar-refractivity contribution in [1.29, 1.82) is 5.26 Å². The summed E-state index contributed by atoms with van der Waals surface area (Å²) < 4.78 is 1.63. The highest BCUT2D eigenvalue weighted by molar-refractivity contribution is 7.12. The van der Waals surface area contributed by atoms with E-state index in [1.165, 1.54) is 16.9 Å². The molecule has 0 unspecified atom stereocenters. The van der Waals surface area contributed by atoms with Crippen LogP contribution in [0.4, 0.5) is 5.69 Å². The number of thiophene rings is 1. The van der Waals surface area contributed by atoms with Crippen LogP contribution in [0.25, 0.3) is 11.0 Å². The molecule has 1 aliphatic rings. The number of piperazine rings is 1. The Kier molecular flexibility index (Phi) is 7.61. The number of rotatable bonds is 7. The maximum Gasteiger partial charge on any atom is 0.272 e.